The Kier molecular flexibility index (Phi) is 7.37. The van der Waals surface area contributed by atoms with Gasteiger partial charge in [0.2, 0.25) is 5.91 Å². The summed E-state index contributed by atoms with van der Waals surface area (Å²) < 4.78 is 6.07. The molecular weight excluding hydrogens is 436 g/mol. The fraction of sp³-hybridized carbons (Fsp3) is 0.333. The van der Waals surface area contributed by atoms with Crippen LogP contribution in [-0.2, 0) is 10.2 Å². The number of primary amides is 1. The van der Waals surface area contributed by atoms with Gasteiger partial charge in [-0.25, -0.2) is 0 Å². The number of likely N-dealkylation sites (tertiary alicyclic amines) is 1. The minimum atomic E-state index is -0.880. The monoisotopic (exact) mass is 471 g/mol. The number of Topliss-reactive ketones (excluding diaryl/α,β-unsaturated/α-hetero) is 1. The molecule has 182 valence electrons. The van der Waals surface area contributed by atoms with Gasteiger partial charge in [-0.1, -0.05) is 72.8 Å². The van der Waals surface area contributed by atoms with Crippen LogP contribution in [0.15, 0.2) is 84.9 Å². The predicted octanol–water partition coefficient (Wildman–Crippen LogP) is 4.60. The number of ether oxygens (including phenoxy) is 1. The average Bonchev–Trinajstić information content (AvgIpc) is 3.27. The summed E-state index contributed by atoms with van der Waals surface area (Å²) in [5.41, 5.74) is 7.94. The lowest BCUT2D eigenvalue weighted by atomic mass is 9.64. The van der Waals surface area contributed by atoms with Crippen LogP contribution in [0.4, 0.5) is 0 Å². The van der Waals surface area contributed by atoms with Gasteiger partial charge in [0.15, 0.2) is 5.78 Å². The van der Waals surface area contributed by atoms with Gasteiger partial charge in [0.05, 0.1) is 33.8 Å². The largest absolute Gasteiger partial charge is 0.497 e. The van der Waals surface area contributed by atoms with Crippen molar-refractivity contribution in [3.8, 4) is 5.75 Å². The van der Waals surface area contributed by atoms with Crippen molar-refractivity contribution in [1.29, 1.82) is 0 Å². The van der Waals surface area contributed by atoms with Gasteiger partial charge >= 0.3 is 0 Å². The van der Waals surface area contributed by atoms with Crippen LogP contribution in [-0.4, -0.2) is 50.0 Å². The molecule has 2 N–H and O–H groups in total. The molecule has 1 aliphatic rings. The fourth-order valence-electron chi connectivity index (χ4n) is 5.83. The van der Waals surface area contributed by atoms with Crippen molar-refractivity contribution in [2.24, 2.45) is 11.7 Å². The van der Waals surface area contributed by atoms with Crippen LogP contribution in [0.5, 0.6) is 5.75 Å². The first-order valence-electron chi connectivity index (χ1n) is 12.3. The van der Waals surface area contributed by atoms with Crippen molar-refractivity contribution in [3.63, 3.8) is 0 Å². The molecule has 0 bridgehead atoms. The molecule has 3 aromatic rings. The topological polar surface area (TPSA) is 69.4 Å². The molecule has 1 fully saturated rings. The van der Waals surface area contributed by atoms with Gasteiger partial charge in [0.1, 0.15) is 11.2 Å². The van der Waals surface area contributed by atoms with Crippen LogP contribution >= 0.6 is 0 Å². The highest BCUT2D eigenvalue weighted by molar-refractivity contribution is 5.96. The first kappa shape index (κ1) is 24.7. The smallest absolute Gasteiger partial charge is 0.233 e. The highest BCUT2D eigenvalue weighted by atomic mass is 16.5. The number of hydrogen-bond donors (Lipinski definition) is 1. The van der Waals surface area contributed by atoms with Crippen LogP contribution < -0.4 is 10.5 Å². The summed E-state index contributed by atoms with van der Waals surface area (Å²) in [5.74, 6) is 0.596. The standard InChI is InChI=1S/C30H34N2O3/c1-32(19-10-17-28(33)23-11-9-16-27(21-23)35-2)20-18-26(22-32)30(29(31)34,24-12-5-3-6-13-24)25-14-7-4-8-15-25/h3-9,11-16,21,26H,10,17-20,22H2,1-2H3,(H-,31,34)/p+1/t26?,32-/m0/s1. The first-order chi connectivity index (χ1) is 16.9. The van der Waals surface area contributed by atoms with Gasteiger partial charge in [0.25, 0.3) is 0 Å². The Hall–Kier alpha value is -3.44. The molecule has 1 saturated heterocycles. The summed E-state index contributed by atoms with van der Waals surface area (Å²) in [6.07, 6.45) is 2.18. The second-order valence-electron chi connectivity index (χ2n) is 9.90. The zero-order chi connectivity index (χ0) is 24.9. The Labute approximate surface area is 208 Å². The Bertz CT molecular complexity index is 1120. The molecule has 0 radical (unpaired) electrons. The Morgan fingerprint density at radius 2 is 1.60 bits per heavy atom. The summed E-state index contributed by atoms with van der Waals surface area (Å²) in [6, 6.07) is 27.3. The van der Waals surface area contributed by atoms with E-state index in [4.69, 9.17) is 10.5 Å². The molecule has 1 unspecified atom stereocenters. The number of carbonyl (C=O) groups is 2. The van der Waals surface area contributed by atoms with Crippen molar-refractivity contribution in [3.05, 3.63) is 102 Å². The quantitative estimate of drug-likeness (QED) is 0.347. The maximum absolute atomic E-state index is 13.3. The predicted molar refractivity (Wildman–Crippen MR) is 138 cm³/mol. The molecule has 5 heteroatoms. The van der Waals surface area contributed by atoms with E-state index in [0.29, 0.717) is 17.7 Å². The molecule has 5 nitrogen and oxygen atoms in total. The number of benzene rings is 3. The van der Waals surface area contributed by atoms with Gasteiger partial charge in [-0.3, -0.25) is 9.59 Å². The van der Waals surface area contributed by atoms with Crippen LogP contribution in [0.3, 0.4) is 0 Å². The van der Waals surface area contributed by atoms with E-state index >= 15 is 0 Å². The molecule has 35 heavy (non-hydrogen) atoms. The van der Waals surface area contributed by atoms with E-state index in [1.54, 1.807) is 13.2 Å². The molecule has 1 aliphatic heterocycles. The minimum absolute atomic E-state index is 0.0730. The fourth-order valence-corrected chi connectivity index (χ4v) is 5.83. The van der Waals surface area contributed by atoms with E-state index in [0.717, 1.165) is 48.1 Å². The summed E-state index contributed by atoms with van der Waals surface area (Å²) in [6.45, 7) is 2.66. The Morgan fingerprint density at radius 1 is 0.971 bits per heavy atom. The number of ketones is 1. The number of nitrogens with zero attached hydrogens (tertiary/aromatic N) is 1. The molecule has 0 saturated carbocycles. The number of nitrogens with two attached hydrogens (primary N) is 1. The lowest BCUT2D eigenvalue weighted by Crippen LogP contribution is -2.51. The number of quaternary nitrogens is 1. The SMILES string of the molecule is COc1cccc(C(=O)CCC[N@@+]2(C)CCC(C(C(N)=O)(c3ccccc3)c3ccccc3)C2)c1. The lowest BCUT2D eigenvalue weighted by molar-refractivity contribution is -0.899. The second kappa shape index (κ2) is 10.4. The van der Waals surface area contributed by atoms with Gasteiger partial charge in [-0.05, 0) is 23.3 Å². The molecule has 1 heterocycles. The van der Waals surface area contributed by atoms with Gasteiger partial charge in [-0.15, -0.1) is 0 Å². The maximum Gasteiger partial charge on any atom is 0.233 e. The van der Waals surface area contributed by atoms with Crippen molar-refractivity contribution < 1.29 is 18.8 Å². The highest BCUT2D eigenvalue weighted by Crippen LogP contribution is 2.45. The normalized spacial score (nSPS) is 19.9. The number of methoxy groups -OCH3 is 1. The van der Waals surface area contributed by atoms with E-state index in [-0.39, 0.29) is 17.6 Å². The third-order valence-electron chi connectivity index (χ3n) is 7.63. The molecule has 4 rings (SSSR count). The van der Waals surface area contributed by atoms with E-state index < -0.39 is 5.41 Å². The van der Waals surface area contributed by atoms with Crippen LogP contribution in [0.1, 0.15) is 40.7 Å². The van der Waals surface area contributed by atoms with Crippen molar-refractivity contribution in [2.75, 3.05) is 33.8 Å². The van der Waals surface area contributed by atoms with E-state index in [1.165, 1.54) is 0 Å². The molecule has 2 atom stereocenters. The zero-order valence-electron chi connectivity index (χ0n) is 20.7. The number of carbonyl (C=O) groups excluding carboxylic acids is 2. The molecule has 0 spiro atoms. The third kappa shape index (κ3) is 5.01. The molecule has 1 amide bonds. The average molecular weight is 472 g/mol. The van der Waals surface area contributed by atoms with Crippen molar-refractivity contribution >= 4 is 11.7 Å². The number of amides is 1. The van der Waals surface area contributed by atoms with Crippen molar-refractivity contribution in [2.45, 2.75) is 24.7 Å². The summed E-state index contributed by atoms with van der Waals surface area (Å²) in [7, 11) is 3.84. The van der Waals surface area contributed by atoms with E-state index in [9.17, 15) is 9.59 Å². The highest BCUT2D eigenvalue weighted by Gasteiger charge is 2.53. The molecule has 0 aliphatic carbocycles. The van der Waals surface area contributed by atoms with E-state index in [2.05, 4.69) is 7.05 Å². The van der Waals surface area contributed by atoms with Crippen molar-refractivity contribution in [1.82, 2.24) is 0 Å². The number of rotatable bonds is 10. The van der Waals surface area contributed by atoms with Crippen LogP contribution in [0.25, 0.3) is 0 Å². The van der Waals surface area contributed by atoms with Crippen LogP contribution in [0.2, 0.25) is 0 Å². The van der Waals surface area contributed by atoms with Crippen LogP contribution in [0, 0.1) is 5.92 Å². The van der Waals surface area contributed by atoms with Gasteiger partial charge in [0, 0.05) is 30.7 Å². The summed E-state index contributed by atoms with van der Waals surface area (Å²) in [5, 5.41) is 0. The molecule has 3 aromatic carbocycles. The molecular formula is C30H35N2O3+. The zero-order valence-corrected chi connectivity index (χ0v) is 20.7. The summed E-state index contributed by atoms with van der Waals surface area (Å²) in [4.78, 5) is 26.0. The Balaban J connectivity index is 1.52. The van der Waals surface area contributed by atoms with Gasteiger partial charge in [-0.2, -0.15) is 0 Å². The third-order valence-corrected chi connectivity index (χ3v) is 7.63. The first-order valence-corrected chi connectivity index (χ1v) is 12.3. The second-order valence-corrected chi connectivity index (χ2v) is 9.90. The number of hydrogen-bond acceptors (Lipinski definition) is 3. The van der Waals surface area contributed by atoms with E-state index in [1.807, 2.05) is 78.9 Å². The Morgan fingerprint density at radius 3 is 2.17 bits per heavy atom. The maximum atomic E-state index is 13.3. The van der Waals surface area contributed by atoms with Gasteiger partial charge < -0.3 is 15.0 Å². The minimum Gasteiger partial charge on any atom is -0.497 e. The molecule has 0 aromatic heterocycles. The summed E-state index contributed by atoms with van der Waals surface area (Å²) >= 11 is 0. The lowest BCUT2D eigenvalue weighted by Gasteiger charge is -2.38.